The molecule has 18 heavy (non-hydrogen) atoms. The molecule has 2 heterocycles. The van der Waals surface area contributed by atoms with E-state index in [0.717, 1.165) is 11.4 Å². The second-order valence-electron chi connectivity index (χ2n) is 3.72. The van der Waals surface area contributed by atoms with Crippen molar-refractivity contribution in [3.05, 3.63) is 40.1 Å². The van der Waals surface area contributed by atoms with E-state index in [9.17, 15) is 4.79 Å². The number of rotatable bonds is 4. The third kappa shape index (κ3) is 2.57. The number of H-pyrrole nitrogens is 1. The predicted octanol–water partition coefficient (Wildman–Crippen LogP) is 2.22. The van der Waals surface area contributed by atoms with Crippen LogP contribution in [0.15, 0.2) is 23.8 Å². The highest BCUT2D eigenvalue weighted by molar-refractivity contribution is 7.09. The number of carbonyl (C=O) groups excluding carboxylic acids is 1. The number of nitrogens with zero attached hydrogens (tertiary/aromatic N) is 2. The summed E-state index contributed by atoms with van der Waals surface area (Å²) >= 11 is 1.51. The van der Waals surface area contributed by atoms with Crippen LogP contribution in [0.1, 0.15) is 40.4 Å². The third-order valence-electron chi connectivity index (χ3n) is 2.52. The summed E-state index contributed by atoms with van der Waals surface area (Å²) in [4.78, 5) is 18.9. The first-order valence-corrected chi connectivity index (χ1v) is 6.41. The fourth-order valence-electron chi connectivity index (χ4n) is 1.57. The zero-order valence-corrected chi connectivity index (χ0v) is 10.6. The topological polar surface area (TPSA) is 81.6 Å². The summed E-state index contributed by atoms with van der Waals surface area (Å²) < 4.78 is 0. The van der Waals surface area contributed by atoms with Gasteiger partial charge in [0.25, 0.3) is 5.91 Å². The number of carbonyl (C=O) groups is 1. The van der Waals surface area contributed by atoms with E-state index < -0.39 is 0 Å². The molecular weight excluding hydrogens is 248 g/mol. The molecule has 1 atom stereocenters. The van der Waals surface area contributed by atoms with Crippen molar-refractivity contribution >= 4 is 17.2 Å². The van der Waals surface area contributed by atoms with Gasteiger partial charge in [-0.2, -0.15) is 5.26 Å². The molecule has 0 radical (unpaired) electrons. The monoisotopic (exact) mass is 260 g/mol. The summed E-state index contributed by atoms with van der Waals surface area (Å²) in [5.74, 6) is -0.224. The van der Waals surface area contributed by atoms with E-state index in [4.69, 9.17) is 5.26 Å². The van der Waals surface area contributed by atoms with Crippen LogP contribution >= 0.6 is 11.3 Å². The number of aromatic nitrogens is 2. The minimum Gasteiger partial charge on any atom is -0.356 e. The normalized spacial score (nSPS) is 11.8. The zero-order valence-electron chi connectivity index (χ0n) is 9.80. The zero-order chi connectivity index (χ0) is 13.0. The molecule has 0 bridgehead atoms. The molecule has 0 saturated carbocycles. The van der Waals surface area contributed by atoms with Crippen molar-refractivity contribution in [1.29, 1.82) is 5.26 Å². The molecule has 0 aliphatic carbocycles. The maximum Gasteiger partial charge on any atom is 0.268 e. The average Bonchev–Trinajstić information content (AvgIpc) is 3.05. The molecule has 2 rings (SSSR count). The van der Waals surface area contributed by atoms with Gasteiger partial charge in [-0.1, -0.05) is 6.92 Å². The maximum atomic E-state index is 12.0. The van der Waals surface area contributed by atoms with Crippen LogP contribution in [-0.2, 0) is 0 Å². The van der Waals surface area contributed by atoms with Crippen molar-refractivity contribution in [2.75, 3.05) is 0 Å². The SMILES string of the molecule is CC[C@H](NC(=O)c1cc(C#N)c[nH]1)c1nccs1. The van der Waals surface area contributed by atoms with Crippen molar-refractivity contribution < 1.29 is 4.79 Å². The molecule has 2 aromatic heterocycles. The highest BCUT2D eigenvalue weighted by Gasteiger charge is 2.17. The summed E-state index contributed by atoms with van der Waals surface area (Å²) in [5, 5.41) is 14.4. The lowest BCUT2D eigenvalue weighted by Gasteiger charge is -2.13. The van der Waals surface area contributed by atoms with Crippen molar-refractivity contribution in [2.24, 2.45) is 0 Å². The number of thiazole rings is 1. The van der Waals surface area contributed by atoms with Gasteiger partial charge in [0, 0.05) is 17.8 Å². The van der Waals surface area contributed by atoms with Crippen molar-refractivity contribution in [3.63, 3.8) is 0 Å². The molecule has 0 fully saturated rings. The number of aromatic amines is 1. The Bertz CT molecular complexity index is 567. The largest absolute Gasteiger partial charge is 0.356 e. The number of nitriles is 1. The van der Waals surface area contributed by atoms with Crippen molar-refractivity contribution in [1.82, 2.24) is 15.3 Å². The van der Waals surface area contributed by atoms with E-state index in [0.29, 0.717) is 11.3 Å². The predicted molar refractivity (Wildman–Crippen MR) is 68.1 cm³/mol. The standard InChI is InChI=1S/C12H12N4OS/c1-2-9(12-14-3-4-18-12)16-11(17)10-5-8(6-13)7-15-10/h3-5,7,9,15H,2H2,1H3,(H,16,17)/t9-/m0/s1. The Kier molecular flexibility index (Phi) is 3.75. The number of hydrogen-bond acceptors (Lipinski definition) is 4. The molecule has 2 aromatic rings. The fourth-order valence-corrected chi connectivity index (χ4v) is 2.34. The molecule has 5 nitrogen and oxygen atoms in total. The quantitative estimate of drug-likeness (QED) is 0.884. The summed E-state index contributed by atoms with van der Waals surface area (Å²) in [6.07, 6.45) is 4.00. The lowest BCUT2D eigenvalue weighted by atomic mass is 10.2. The molecular formula is C12H12N4OS. The first-order chi connectivity index (χ1) is 8.74. The Morgan fingerprint density at radius 3 is 3.11 bits per heavy atom. The van der Waals surface area contributed by atoms with E-state index in [1.54, 1.807) is 6.20 Å². The van der Waals surface area contributed by atoms with E-state index in [2.05, 4.69) is 15.3 Å². The Labute approximate surface area is 108 Å². The van der Waals surface area contributed by atoms with Gasteiger partial charge in [0.05, 0.1) is 11.6 Å². The fraction of sp³-hybridized carbons (Fsp3) is 0.250. The molecule has 6 heteroatoms. The van der Waals surface area contributed by atoms with Gasteiger partial charge in [-0.3, -0.25) is 4.79 Å². The van der Waals surface area contributed by atoms with Gasteiger partial charge in [0.1, 0.15) is 16.8 Å². The van der Waals surface area contributed by atoms with Crippen LogP contribution in [0.2, 0.25) is 0 Å². The smallest absolute Gasteiger partial charge is 0.268 e. The molecule has 2 N–H and O–H groups in total. The molecule has 0 spiro atoms. The Hall–Kier alpha value is -2.13. The first-order valence-electron chi connectivity index (χ1n) is 5.53. The van der Waals surface area contributed by atoms with Crippen LogP contribution in [0.3, 0.4) is 0 Å². The van der Waals surface area contributed by atoms with Gasteiger partial charge in [0.2, 0.25) is 0 Å². The third-order valence-corrected chi connectivity index (χ3v) is 3.41. The summed E-state index contributed by atoms with van der Waals surface area (Å²) in [5.41, 5.74) is 0.837. The minimum absolute atomic E-state index is 0.0914. The molecule has 0 aromatic carbocycles. The number of hydrogen-bond donors (Lipinski definition) is 2. The molecule has 0 unspecified atom stereocenters. The van der Waals surface area contributed by atoms with E-state index in [-0.39, 0.29) is 11.9 Å². The Morgan fingerprint density at radius 1 is 1.72 bits per heavy atom. The second kappa shape index (κ2) is 5.47. The van der Waals surface area contributed by atoms with E-state index in [1.165, 1.54) is 23.6 Å². The van der Waals surface area contributed by atoms with Crippen LogP contribution in [0, 0.1) is 11.3 Å². The molecule has 0 aliphatic heterocycles. The molecule has 0 saturated heterocycles. The first kappa shape index (κ1) is 12.3. The van der Waals surface area contributed by atoms with Crippen molar-refractivity contribution in [3.8, 4) is 6.07 Å². The van der Waals surface area contributed by atoms with Gasteiger partial charge in [0.15, 0.2) is 0 Å². The van der Waals surface area contributed by atoms with Crippen LogP contribution in [0.4, 0.5) is 0 Å². The van der Waals surface area contributed by atoms with E-state index in [1.807, 2.05) is 18.4 Å². The molecule has 0 aliphatic rings. The van der Waals surface area contributed by atoms with Gasteiger partial charge >= 0.3 is 0 Å². The summed E-state index contributed by atoms with van der Waals surface area (Å²) in [6, 6.07) is 3.42. The summed E-state index contributed by atoms with van der Waals surface area (Å²) in [7, 11) is 0. The average molecular weight is 260 g/mol. The number of nitrogens with one attached hydrogen (secondary N) is 2. The van der Waals surface area contributed by atoms with Crippen molar-refractivity contribution in [2.45, 2.75) is 19.4 Å². The highest BCUT2D eigenvalue weighted by atomic mass is 32.1. The van der Waals surface area contributed by atoms with Crippen LogP contribution in [-0.4, -0.2) is 15.9 Å². The minimum atomic E-state index is -0.224. The molecule has 92 valence electrons. The lowest BCUT2D eigenvalue weighted by molar-refractivity contribution is 0.0931. The molecule has 1 amide bonds. The Morgan fingerprint density at radius 2 is 2.56 bits per heavy atom. The van der Waals surface area contributed by atoms with Crippen LogP contribution in [0.25, 0.3) is 0 Å². The highest BCUT2D eigenvalue weighted by Crippen LogP contribution is 2.19. The Balaban J connectivity index is 2.08. The number of amides is 1. The van der Waals surface area contributed by atoms with Gasteiger partial charge in [-0.25, -0.2) is 4.98 Å². The van der Waals surface area contributed by atoms with Gasteiger partial charge in [-0.05, 0) is 12.5 Å². The van der Waals surface area contributed by atoms with Gasteiger partial charge < -0.3 is 10.3 Å². The maximum absolute atomic E-state index is 12.0. The van der Waals surface area contributed by atoms with Crippen LogP contribution in [0.5, 0.6) is 0 Å². The van der Waals surface area contributed by atoms with Crippen LogP contribution < -0.4 is 5.32 Å². The lowest BCUT2D eigenvalue weighted by Crippen LogP contribution is -2.28. The summed E-state index contributed by atoms with van der Waals surface area (Å²) in [6.45, 7) is 1.99. The second-order valence-corrected chi connectivity index (χ2v) is 4.64. The van der Waals surface area contributed by atoms with Gasteiger partial charge in [-0.15, -0.1) is 11.3 Å². The van der Waals surface area contributed by atoms with E-state index >= 15 is 0 Å².